The van der Waals surface area contributed by atoms with Crippen LogP contribution in [0, 0.1) is 17.5 Å². The lowest BCUT2D eigenvalue weighted by atomic mass is 10.2. The highest BCUT2D eigenvalue weighted by molar-refractivity contribution is 5.95. The van der Waals surface area contributed by atoms with Gasteiger partial charge in [-0.3, -0.25) is 4.79 Å². The maximum atomic E-state index is 13.7. The first-order chi connectivity index (χ1) is 14.0. The molecule has 6 nitrogen and oxygen atoms in total. The van der Waals surface area contributed by atoms with Crippen molar-refractivity contribution in [1.29, 1.82) is 0 Å². The van der Waals surface area contributed by atoms with Crippen LogP contribution in [-0.2, 0) is 11.3 Å². The van der Waals surface area contributed by atoms with Crippen LogP contribution in [0.2, 0.25) is 0 Å². The fourth-order valence-electron chi connectivity index (χ4n) is 2.42. The van der Waals surface area contributed by atoms with E-state index >= 15 is 0 Å². The van der Waals surface area contributed by atoms with Gasteiger partial charge in [-0.25, -0.2) is 18.2 Å². The second-order valence-electron chi connectivity index (χ2n) is 5.86. The molecule has 2 aromatic carbocycles. The van der Waals surface area contributed by atoms with Crippen molar-refractivity contribution in [2.75, 3.05) is 25.0 Å². The summed E-state index contributed by atoms with van der Waals surface area (Å²) in [6, 6.07) is 9.16. The fraction of sp³-hybridized carbons (Fsp3) is 0.300. The molecule has 0 atom stereocenters. The summed E-state index contributed by atoms with van der Waals surface area (Å²) in [6.07, 6.45) is 0. The fourth-order valence-corrected chi connectivity index (χ4v) is 2.42. The van der Waals surface area contributed by atoms with Gasteiger partial charge in [0.2, 0.25) is 5.91 Å². The topological polar surface area (TPSA) is 74.8 Å². The first-order valence-electron chi connectivity index (χ1n) is 9.12. The highest BCUT2D eigenvalue weighted by atomic mass is 19.2. The monoisotopic (exact) mass is 408 g/mol. The van der Waals surface area contributed by atoms with Crippen LogP contribution in [0.15, 0.2) is 41.4 Å². The molecule has 0 aliphatic rings. The standard InChI is InChI=1S/C20H23F3N4O2/c1-3-24-20(25-11-13-7-5-6-8-16(13)29-4-2)26-12-17(28)27-15-10-9-14(21)18(22)19(15)23/h5-10H,3-4,11-12H2,1-2H3,(H,27,28)(H2,24,25,26). The van der Waals surface area contributed by atoms with Gasteiger partial charge in [-0.2, -0.15) is 0 Å². The van der Waals surface area contributed by atoms with E-state index < -0.39 is 29.0 Å². The number of aliphatic imine (C=N–C) groups is 1. The van der Waals surface area contributed by atoms with Crippen molar-refractivity contribution in [2.45, 2.75) is 20.4 Å². The molecule has 0 saturated heterocycles. The molecule has 0 radical (unpaired) electrons. The van der Waals surface area contributed by atoms with Gasteiger partial charge in [-0.05, 0) is 32.0 Å². The number of hydrogen-bond acceptors (Lipinski definition) is 3. The number of carbonyl (C=O) groups excluding carboxylic acids is 1. The Labute approximate surface area is 167 Å². The number of nitrogens with one attached hydrogen (secondary N) is 3. The van der Waals surface area contributed by atoms with Crippen LogP contribution in [0.5, 0.6) is 5.75 Å². The van der Waals surface area contributed by atoms with E-state index in [1.54, 1.807) is 0 Å². The number of amides is 1. The number of rotatable bonds is 8. The molecule has 0 saturated carbocycles. The molecule has 0 bridgehead atoms. The number of anilines is 1. The van der Waals surface area contributed by atoms with Crippen LogP contribution < -0.4 is 20.7 Å². The van der Waals surface area contributed by atoms with Gasteiger partial charge >= 0.3 is 0 Å². The van der Waals surface area contributed by atoms with Gasteiger partial charge in [0.25, 0.3) is 0 Å². The van der Waals surface area contributed by atoms with E-state index in [2.05, 4.69) is 20.9 Å². The molecule has 0 spiro atoms. The summed E-state index contributed by atoms with van der Waals surface area (Å²) in [6.45, 7) is 4.89. The third kappa shape index (κ3) is 6.41. The summed E-state index contributed by atoms with van der Waals surface area (Å²) in [5, 5.41) is 7.98. The van der Waals surface area contributed by atoms with Crippen LogP contribution >= 0.6 is 0 Å². The maximum absolute atomic E-state index is 13.7. The van der Waals surface area contributed by atoms with Crippen LogP contribution in [0.1, 0.15) is 19.4 Å². The quantitative estimate of drug-likeness (QED) is 0.356. The molecular formula is C20H23F3N4O2. The molecule has 0 aromatic heterocycles. The summed E-state index contributed by atoms with van der Waals surface area (Å²) < 4.78 is 45.4. The van der Waals surface area contributed by atoms with Gasteiger partial charge in [0.05, 0.1) is 25.4 Å². The molecule has 156 valence electrons. The molecule has 0 aliphatic heterocycles. The molecule has 3 N–H and O–H groups in total. The van der Waals surface area contributed by atoms with Gasteiger partial charge in [0.1, 0.15) is 5.75 Å². The van der Waals surface area contributed by atoms with Gasteiger partial charge in [-0.15, -0.1) is 0 Å². The van der Waals surface area contributed by atoms with E-state index in [1.807, 2.05) is 38.1 Å². The zero-order valence-corrected chi connectivity index (χ0v) is 16.2. The highest BCUT2D eigenvalue weighted by Crippen LogP contribution is 2.20. The first kappa shape index (κ1) is 22.1. The smallest absolute Gasteiger partial charge is 0.243 e. The molecule has 0 heterocycles. The van der Waals surface area contributed by atoms with E-state index in [0.717, 1.165) is 23.4 Å². The molecule has 0 fully saturated rings. The summed E-state index contributed by atoms with van der Waals surface area (Å²) in [5.41, 5.74) is 0.433. The van der Waals surface area contributed by atoms with E-state index in [4.69, 9.17) is 4.74 Å². The van der Waals surface area contributed by atoms with Gasteiger partial charge < -0.3 is 20.7 Å². The Morgan fingerprint density at radius 3 is 2.52 bits per heavy atom. The Morgan fingerprint density at radius 1 is 1.03 bits per heavy atom. The normalized spacial score (nSPS) is 11.1. The van der Waals surface area contributed by atoms with Crippen molar-refractivity contribution in [1.82, 2.24) is 10.6 Å². The molecular weight excluding hydrogens is 385 g/mol. The van der Waals surface area contributed by atoms with E-state index in [0.29, 0.717) is 25.7 Å². The second-order valence-corrected chi connectivity index (χ2v) is 5.86. The van der Waals surface area contributed by atoms with Crippen molar-refractivity contribution in [3.63, 3.8) is 0 Å². The molecule has 0 aliphatic carbocycles. The van der Waals surface area contributed by atoms with Gasteiger partial charge in [0, 0.05) is 12.1 Å². The van der Waals surface area contributed by atoms with Crippen molar-refractivity contribution in [2.24, 2.45) is 4.99 Å². The lowest BCUT2D eigenvalue weighted by molar-refractivity contribution is -0.115. The minimum absolute atomic E-state index is 0.253. The molecule has 0 unspecified atom stereocenters. The van der Waals surface area contributed by atoms with E-state index in [-0.39, 0.29) is 6.54 Å². The van der Waals surface area contributed by atoms with Gasteiger partial charge in [-0.1, -0.05) is 18.2 Å². The number of hydrogen-bond donors (Lipinski definition) is 3. The Kier molecular flexibility index (Phi) is 8.32. The molecule has 2 rings (SSSR count). The SMILES string of the molecule is CCNC(=NCc1ccccc1OCC)NCC(=O)Nc1ccc(F)c(F)c1F. The zero-order chi connectivity index (χ0) is 21.2. The Morgan fingerprint density at radius 2 is 1.79 bits per heavy atom. The Hall–Kier alpha value is -3.23. The van der Waals surface area contributed by atoms with Crippen LogP contribution in [-0.4, -0.2) is 31.6 Å². The molecule has 2 aromatic rings. The lowest BCUT2D eigenvalue weighted by Crippen LogP contribution is -2.41. The average Bonchev–Trinajstić information content (AvgIpc) is 2.71. The number of halogens is 3. The number of nitrogens with zero attached hydrogens (tertiary/aromatic N) is 1. The summed E-state index contributed by atoms with van der Waals surface area (Å²) >= 11 is 0. The van der Waals surface area contributed by atoms with E-state index in [9.17, 15) is 18.0 Å². The summed E-state index contributed by atoms with van der Waals surface area (Å²) in [4.78, 5) is 16.4. The predicted octanol–water partition coefficient (Wildman–Crippen LogP) is 3.20. The summed E-state index contributed by atoms with van der Waals surface area (Å²) in [7, 11) is 0. The molecule has 9 heteroatoms. The third-order valence-electron chi connectivity index (χ3n) is 3.75. The minimum Gasteiger partial charge on any atom is -0.494 e. The van der Waals surface area contributed by atoms with Crippen LogP contribution in [0.25, 0.3) is 0 Å². The highest BCUT2D eigenvalue weighted by Gasteiger charge is 2.15. The largest absolute Gasteiger partial charge is 0.494 e. The van der Waals surface area contributed by atoms with E-state index in [1.165, 1.54) is 0 Å². The van der Waals surface area contributed by atoms with Crippen molar-refractivity contribution in [3.05, 3.63) is 59.4 Å². The average molecular weight is 408 g/mol. The number of para-hydroxylation sites is 1. The number of ether oxygens (including phenoxy) is 1. The second kappa shape index (κ2) is 10.9. The zero-order valence-electron chi connectivity index (χ0n) is 16.2. The van der Waals surface area contributed by atoms with Gasteiger partial charge in [0.15, 0.2) is 23.4 Å². The molecule has 1 amide bonds. The third-order valence-corrected chi connectivity index (χ3v) is 3.75. The van der Waals surface area contributed by atoms with Crippen molar-refractivity contribution in [3.8, 4) is 5.75 Å². The lowest BCUT2D eigenvalue weighted by Gasteiger charge is -2.13. The van der Waals surface area contributed by atoms with Crippen molar-refractivity contribution < 1.29 is 22.7 Å². The summed E-state index contributed by atoms with van der Waals surface area (Å²) in [5.74, 6) is -3.98. The number of guanidine groups is 1. The first-order valence-corrected chi connectivity index (χ1v) is 9.12. The number of benzene rings is 2. The maximum Gasteiger partial charge on any atom is 0.243 e. The number of carbonyl (C=O) groups is 1. The molecule has 29 heavy (non-hydrogen) atoms. The predicted molar refractivity (Wildman–Crippen MR) is 105 cm³/mol. The minimum atomic E-state index is -1.64. The van der Waals surface area contributed by atoms with Crippen molar-refractivity contribution >= 4 is 17.6 Å². The van der Waals surface area contributed by atoms with Crippen LogP contribution in [0.4, 0.5) is 18.9 Å². The van der Waals surface area contributed by atoms with Crippen LogP contribution in [0.3, 0.4) is 0 Å². The Balaban J connectivity index is 1.99. The Bertz CT molecular complexity index is 875.